The molecule has 2 heterocycles. The number of piperidine rings is 1. The Morgan fingerprint density at radius 3 is 2.88 bits per heavy atom. The molecule has 0 aromatic carbocycles. The predicted octanol–water partition coefficient (Wildman–Crippen LogP) is 0.885. The lowest BCUT2D eigenvalue weighted by Gasteiger charge is -2.36. The fourth-order valence-corrected chi connectivity index (χ4v) is 3.42. The van der Waals surface area contributed by atoms with Crippen LogP contribution in [-0.4, -0.2) is 54.8 Å². The summed E-state index contributed by atoms with van der Waals surface area (Å²) in [4.78, 5) is 18.6. The summed E-state index contributed by atoms with van der Waals surface area (Å²) < 4.78 is 29.9. The molecule has 0 spiro atoms. The molecule has 0 radical (unpaired) electrons. The summed E-state index contributed by atoms with van der Waals surface area (Å²) in [5, 5.41) is 3.83. The van der Waals surface area contributed by atoms with Crippen LogP contribution in [0.3, 0.4) is 0 Å². The van der Waals surface area contributed by atoms with Gasteiger partial charge < -0.3 is 9.42 Å². The highest BCUT2D eigenvalue weighted by Gasteiger charge is 2.26. The van der Waals surface area contributed by atoms with Gasteiger partial charge in [-0.25, -0.2) is 13.1 Å². The number of nitrogens with zero attached hydrogens (tertiary/aromatic N) is 3. The maximum absolute atomic E-state index is 12.5. The van der Waals surface area contributed by atoms with Crippen molar-refractivity contribution in [2.24, 2.45) is 0 Å². The Morgan fingerprint density at radius 1 is 1.42 bits per heavy atom. The molecule has 1 amide bonds. The average molecular weight is 358 g/mol. The van der Waals surface area contributed by atoms with Gasteiger partial charge in [-0.05, 0) is 25.7 Å². The fraction of sp³-hybridized carbons (Fsp3) is 0.800. The van der Waals surface area contributed by atoms with E-state index in [0.717, 1.165) is 32.1 Å². The van der Waals surface area contributed by atoms with Gasteiger partial charge in [0.25, 0.3) is 0 Å². The number of carbonyl (C=O) groups is 1. The average Bonchev–Trinajstić information content (AvgIpc) is 3.00. The van der Waals surface area contributed by atoms with Crippen molar-refractivity contribution in [2.75, 3.05) is 19.3 Å². The molecule has 8 nitrogen and oxygen atoms in total. The smallest absolute Gasteiger partial charge is 0.227 e. The first-order valence-electron chi connectivity index (χ1n) is 8.44. The molecule has 1 unspecified atom stereocenters. The van der Waals surface area contributed by atoms with E-state index in [2.05, 4.69) is 14.9 Å². The fourth-order valence-electron chi connectivity index (χ4n) is 2.93. The van der Waals surface area contributed by atoms with Crippen LogP contribution >= 0.6 is 0 Å². The molecular weight excluding hydrogens is 332 g/mol. The van der Waals surface area contributed by atoms with Crippen molar-refractivity contribution < 1.29 is 17.7 Å². The highest BCUT2D eigenvalue weighted by molar-refractivity contribution is 7.88. The van der Waals surface area contributed by atoms with Crippen LogP contribution in [0.5, 0.6) is 0 Å². The van der Waals surface area contributed by atoms with E-state index in [1.807, 2.05) is 11.8 Å². The Morgan fingerprint density at radius 2 is 2.21 bits per heavy atom. The third-order valence-corrected chi connectivity index (χ3v) is 4.90. The van der Waals surface area contributed by atoms with Crippen molar-refractivity contribution in [3.8, 4) is 0 Å². The van der Waals surface area contributed by atoms with Crippen LogP contribution in [0, 0.1) is 0 Å². The van der Waals surface area contributed by atoms with Crippen LogP contribution < -0.4 is 4.72 Å². The lowest BCUT2D eigenvalue weighted by molar-refractivity contribution is -0.135. The molecule has 9 heteroatoms. The SMILES string of the molecule is CCc1noc(CCC(=O)N2CCCCC2CCNS(C)(=O)=O)n1. The summed E-state index contributed by atoms with van der Waals surface area (Å²) in [5.41, 5.74) is 0. The molecular formula is C15H26N4O4S. The zero-order valence-corrected chi connectivity index (χ0v) is 15.1. The van der Waals surface area contributed by atoms with E-state index < -0.39 is 10.0 Å². The van der Waals surface area contributed by atoms with Gasteiger partial charge in [-0.15, -0.1) is 0 Å². The van der Waals surface area contributed by atoms with E-state index in [0.29, 0.717) is 43.9 Å². The number of amides is 1. The molecule has 1 saturated heterocycles. The zero-order valence-electron chi connectivity index (χ0n) is 14.3. The third kappa shape index (κ3) is 5.86. The number of rotatable bonds is 8. The quantitative estimate of drug-likeness (QED) is 0.740. The summed E-state index contributed by atoms with van der Waals surface area (Å²) in [6, 6.07) is 0.0920. The molecule has 2 rings (SSSR count). The van der Waals surface area contributed by atoms with Crippen molar-refractivity contribution in [3.63, 3.8) is 0 Å². The van der Waals surface area contributed by atoms with E-state index >= 15 is 0 Å². The van der Waals surface area contributed by atoms with Gasteiger partial charge in [0.05, 0.1) is 6.26 Å². The summed E-state index contributed by atoms with van der Waals surface area (Å²) in [7, 11) is -3.19. The standard InChI is InChI=1S/C15H26N4O4S/c1-3-13-17-14(23-18-13)7-8-15(20)19-11-5-4-6-12(19)9-10-16-24(2,21)22/h12,16H,3-11H2,1-2H3. The van der Waals surface area contributed by atoms with Gasteiger partial charge in [0.2, 0.25) is 21.8 Å². The minimum absolute atomic E-state index is 0.0651. The van der Waals surface area contributed by atoms with E-state index in [9.17, 15) is 13.2 Å². The maximum Gasteiger partial charge on any atom is 0.227 e. The van der Waals surface area contributed by atoms with Crippen molar-refractivity contribution in [2.45, 2.75) is 57.9 Å². The monoisotopic (exact) mass is 358 g/mol. The second-order valence-corrected chi connectivity index (χ2v) is 7.98. The van der Waals surface area contributed by atoms with Gasteiger partial charge in [0, 0.05) is 38.4 Å². The van der Waals surface area contributed by atoms with Crippen molar-refractivity contribution in [1.29, 1.82) is 0 Å². The Hall–Kier alpha value is -1.48. The first-order chi connectivity index (χ1) is 11.4. The topological polar surface area (TPSA) is 105 Å². The second-order valence-electron chi connectivity index (χ2n) is 6.15. The van der Waals surface area contributed by atoms with Crippen LogP contribution in [0.15, 0.2) is 4.52 Å². The number of aromatic nitrogens is 2. The molecule has 24 heavy (non-hydrogen) atoms. The Kier molecular flexibility index (Phi) is 6.73. The van der Waals surface area contributed by atoms with Crippen molar-refractivity contribution in [1.82, 2.24) is 19.8 Å². The molecule has 0 saturated carbocycles. The number of aryl methyl sites for hydroxylation is 2. The summed E-state index contributed by atoms with van der Waals surface area (Å²) >= 11 is 0. The summed E-state index contributed by atoms with van der Waals surface area (Å²) in [6.45, 7) is 3.03. The number of hydrogen-bond acceptors (Lipinski definition) is 6. The highest BCUT2D eigenvalue weighted by Crippen LogP contribution is 2.21. The summed E-state index contributed by atoms with van der Waals surface area (Å²) in [6.07, 6.45) is 6.24. The van der Waals surface area contributed by atoms with Crippen molar-refractivity contribution >= 4 is 15.9 Å². The molecule has 0 bridgehead atoms. The number of hydrogen-bond donors (Lipinski definition) is 1. The van der Waals surface area contributed by atoms with E-state index in [-0.39, 0.29) is 11.9 Å². The molecule has 1 aromatic heterocycles. The van der Waals surface area contributed by atoms with Crippen LogP contribution in [0.1, 0.15) is 50.7 Å². The van der Waals surface area contributed by atoms with Crippen LogP contribution in [0.4, 0.5) is 0 Å². The van der Waals surface area contributed by atoms with E-state index in [1.165, 1.54) is 0 Å². The number of sulfonamides is 1. The van der Waals surface area contributed by atoms with E-state index in [1.54, 1.807) is 0 Å². The summed E-state index contributed by atoms with van der Waals surface area (Å²) in [5.74, 6) is 1.21. The first kappa shape index (κ1) is 18.9. The second kappa shape index (κ2) is 8.57. The van der Waals surface area contributed by atoms with Crippen LogP contribution in [0.2, 0.25) is 0 Å². The molecule has 1 fully saturated rings. The molecule has 1 aliphatic heterocycles. The number of carbonyl (C=O) groups excluding carboxylic acids is 1. The molecule has 1 aromatic rings. The van der Waals surface area contributed by atoms with Crippen LogP contribution in [0.25, 0.3) is 0 Å². The van der Waals surface area contributed by atoms with Crippen molar-refractivity contribution in [3.05, 3.63) is 11.7 Å². The zero-order chi connectivity index (χ0) is 17.6. The Bertz CT molecular complexity index is 644. The molecule has 1 aliphatic rings. The largest absolute Gasteiger partial charge is 0.340 e. The van der Waals surface area contributed by atoms with Gasteiger partial charge in [-0.3, -0.25) is 4.79 Å². The molecule has 1 N–H and O–H groups in total. The van der Waals surface area contributed by atoms with Gasteiger partial charge >= 0.3 is 0 Å². The lowest BCUT2D eigenvalue weighted by Crippen LogP contribution is -2.45. The Balaban J connectivity index is 1.85. The van der Waals surface area contributed by atoms with Gasteiger partial charge in [0.15, 0.2) is 5.82 Å². The minimum Gasteiger partial charge on any atom is -0.340 e. The van der Waals surface area contributed by atoms with Gasteiger partial charge in [-0.2, -0.15) is 4.98 Å². The third-order valence-electron chi connectivity index (χ3n) is 4.17. The maximum atomic E-state index is 12.5. The normalized spacial score (nSPS) is 18.8. The van der Waals surface area contributed by atoms with Crippen LogP contribution in [-0.2, 0) is 27.7 Å². The van der Waals surface area contributed by atoms with Gasteiger partial charge in [0.1, 0.15) is 0 Å². The molecule has 1 atom stereocenters. The number of nitrogens with one attached hydrogen (secondary N) is 1. The molecule has 136 valence electrons. The van der Waals surface area contributed by atoms with Gasteiger partial charge in [-0.1, -0.05) is 12.1 Å². The molecule has 0 aliphatic carbocycles. The highest BCUT2D eigenvalue weighted by atomic mass is 32.2. The Labute approximate surface area is 143 Å². The number of likely N-dealkylation sites (tertiary alicyclic amines) is 1. The van der Waals surface area contributed by atoms with E-state index in [4.69, 9.17) is 4.52 Å². The predicted molar refractivity (Wildman–Crippen MR) is 88.8 cm³/mol. The first-order valence-corrected chi connectivity index (χ1v) is 10.3. The lowest BCUT2D eigenvalue weighted by atomic mass is 9.98. The minimum atomic E-state index is -3.19.